The van der Waals surface area contributed by atoms with E-state index in [9.17, 15) is 34.4 Å². The molecule has 2 aromatic carbocycles. The Bertz CT molecular complexity index is 1780. The second kappa shape index (κ2) is 13.7. The number of benzene rings is 2. The van der Waals surface area contributed by atoms with E-state index in [2.05, 4.69) is 20.3 Å². The lowest BCUT2D eigenvalue weighted by molar-refractivity contribution is -0.384. The molecule has 1 fully saturated rings. The molecule has 46 heavy (non-hydrogen) atoms. The van der Waals surface area contributed by atoms with Crippen LogP contribution in [0.25, 0.3) is 23.3 Å². The van der Waals surface area contributed by atoms with Gasteiger partial charge in [0.1, 0.15) is 24.1 Å². The fourth-order valence-corrected chi connectivity index (χ4v) is 5.56. The van der Waals surface area contributed by atoms with Crippen molar-refractivity contribution in [2.75, 3.05) is 30.3 Å². The zero-order valence-corrected chi connectivity index (χ0v) is 25.3. The normalized spacial score (nSPS) is 19.9. The van der Waals surface area contributed by atoms with Crippen LogP contribution in [0.3, 0.4) is 0 Å². The first-order chi connectivity index (χ1) is 21.9. The van der Waals surface area contributed by atoms with Gasteiger partial charge in [-0.05, 0) is 42.3 Å². The molecule has 0 saturated carbocycles. The zero-order chi connectivity index (χ0) is 33.0. The molecule has 3 heterocycles. The molecule has 5 rings (SSSR count). The van der Waals surface area contributed by atoms with Crippen LogP contribution in [-0.4, -0.2) is 83.2 Å². The molecule has 0 bridgehead atoms. The van der Waals surface area contributed by atoms with Gasteiger partial charge in [-0.1, -0.05) is 24.3 Å². The van der Waals surface area contributed by atoms with E-state index in [0.29, 0.717) is 13.1 Å². The van der Waals surface area contributed by atoms with Crippen molar-refractivity contribution >= 4 is 54.2 Å². The number of ether oxygens (including phenoxy) is 1. The number of hydrogen-bond donors (Lipinski definition) is 5. The number of aromatic nitrogens is 4. The molecule has 18 heteroatoms. The van der Waals surface area contributed by atoms with E-state index in [1.54, 1.807) is 12.1 Å². The summed E-state index contributed by atoms with van der Waals surface area (Å²) < 4.78 is 23.6. The summed E-state index contributed by atoms with van der Waals surface area (Å²) in [5, 5.41) is 24.5. The van der Waals surface area contributed by atoms with E-state index in [1.807, 2.05) is 48.2 Å². The molecule has 0 spiro atoms. The highest BCUT2D eigenvalue weighted by molar-refractivity contribution is 7.46. The summed E-state index contributed by atoms with van der Waals surface area (Å²) in [5.74, 6) is -0.677. The molecule has 2 aromatic heterocycles. The molecule has 0 unspecified atom stereocenters. The van der Waals surface area contributed by atoms with Crippen molar-refractivity contribution in [1.82, 2.24) is 24.8 Å². The highest BCUT2D eigenvalue weighted by Crippen LogP contribution is 2.44. The largest absolute Gasteiger partial charge is 0.470 e. The maximum absolute atomic E-state index is 13.2. The predicted molar refractivity (Wildman–Crippen MR) is 166 cm³/mol. The molecule has 1 aliphatic heterocycles. The number of nitrogen functional groups attached to an aromatic ring is 1. The number of hydrogen-bond acceptors (Lipinski definition) is 12. The number of amides is 1. The number of aliphatic hydroxyl groups excluding tert-OH is 1. The van der Waals surface area contributed by atoms with Gasteiger partial charge in [0.2, 0.25) is 0 Å². The number of nitrogens with two attached hydrogens (primary N) is 1. The minimum Gasteiger partial charge on any atom is -0.386 e. The van der Waals surface area contributed by atoms with Crippen molar-refractivity contribution in [1.29, 1.82) is 0 Å². The molecule has 17 nitrogen and oxygen atoms in total. The Labute approximate surface area is 261 Å². The number of phosphoric acid groups is 1. The molecular weight excluding hydrogens is 623 g/mol. The molecule has 4 atom stereocenters. The van der Waals surface area contributed by atoms with Gasteiger partial charge < -0.3 is 35.6 Å². The number of nitrogens with one attached hydrogen (secondary N) is 1. The number of nitrogens with zero attached hydrogens (tertiary/aromatic N) is 6. The van der Waals surface area contributed by atoms with E-state index >= 15 is 0 Å². The van der Waals surface area contributed by atoms with Crippen molar-refractivity contribution in [2.24, 2.45) is 0 Å². The Kier molecular flexibility index (Phi) is 9.71. The smallest absolute Gasteiger partial charge is 0.386 e. The first kappa shape index (κ1) is 32.6. The number of imidazole rings is 1. The summed E-state index contributed by atoms with van der Waals surface area (Å²) in [4.78, 5) is 56.6. The van der Waals surface area contributed by atoms with Gasteiger partial charge in [0.05, 0.1) is 11.3 Å². The van der Waals surface area contributed by atoms with E-state index in [0.717, 1.165) is 16.8 Å². The molecule has 0 aliphatic carbocycles. The Morgan fingerprint density at radius 2 is 1.80 bits per heavy atom. The molecule has 6 N–H and O–H groups in total. The van der Waals surface area contributed by atoms with Crippen molar-refractivity contribution in [3.63, 3.8) is 0 Å². The topological polar surface area (TPSA) is 241 Å². The van der Waals surface area contributed by atoms with E-state index < -0.39 is 43.2 Å². The van der Waals surface area contributed by atoms with Crippen LogP contribution in [0.4, 0.5) is 17.2 Å². The molecular formula is C28H31N8O9P. The Balaban J connectivity index is 1.22. The van der Waals surface area contributed by atoms with Crippen molar-refractivity contribution < 1.29 is 38.4 Å². The van der Waals surface area contributed by atoms with Gasteiger partial charge >= 0.3 is 7.82 Å². The summed E-state index contributed by atoms with van der Waals surface area (Å²) in [6, 6.07) is 13.9. The highest BCUT2D eigenvalue weighted by Gasteiger charge is 2.51. The van der Waals surface area contributed by atoms with E-state index in [1.165, 1.54) is 29.4 Å². The minimum absolute atomic E-state index is 0.0221. The van der Waals surface area contributed by atoms with E-state index in [-0.39, 0.29) is 29.2 Å². The fourth-order valence-electron chi connectivity index (χ4n) is 5.00. The fraction of sp³-hybridized carbons (Fsp3) is 0.286. The third kappa shape index (κ3) is 7.37. The standard InChI is InChI=1S/C28H31N8O9P/c1-2-34(19-9-5-17(6-10-19)3-4-18-7-11-20(12-8-18)36(39)40)14-13-30-27(38)24-23(45-46(41,42)43)22(37)28(44-24)35-16-33-21-25(29)31-15-32-26(21)35/h3-12,15-16,22-24,28,37H,2,13-14H2,1H3,(H,30,38)(H2,29,31,32)(H2,41,42,43)/b4-3+/t22-,23+,24+,28-/m1/s1. The quantitative estimate of drug-likeness (QED) is 0.0634. The number of carbonyl (C=O) groups is 1. The summed E-state index contributed by atoms with van der Waals surface area (Å²) in [7, 11) is -5.14. The first-order valence-electron chi connectivity index (χ1n) is 14.0. The number of anilines is 2. The second-order valence-electron chi connectivity index (χ2n) is 10.2. The third-order valence-electron chi connectivity index (χ3n) is 7.28. The molecule has 1 aliphatic rings. The summed E-state index contributed by atoms with van der Waals surface area (Å²) >= 11 is 0. The Morgan fingerprint density at radius 1 is 1.15 bits per heavy atom. The Hall–Kier alpha value is -4.77. The number of phosphoric ester groups is 1. The van der Waals surface area contributed by atoms with Gasteiger partial charge in [-0.15, -0.1) is 0 Å². The zero-order valence-electron chi connectivity index (χ0n) is 24.4. The maximum atomic E-state index is 13.2. The average molecular weight is 655 g/mol. The number of nitro benzene ring substituents is 1. The average Bonchev–Trinajstić information content (AvgIpc) is 3.59. The van der Waals surface area contributed by atoms with Crippen LogP contribution in [0.1, 0.15) is 24.3 Å². The van der Waals surface area contributed by atoms with Crippen molar-refractivity contribution in [2.45, 2.75) is 31.5 Å². The van der Waals surface area contributed by atoms with Crippen LogP contribution in [0.2, 0.25) is 0 Å². The number of rotatable bonds is 12. The number of likely N-dealkylation sites (N-methyl/N-ethyl adjacent to an activating group) is 1. The SMILES string of the molecule is CCN(CCNC(=O)[C@H]1O[C@@H](n2cnc3c(N)ncnc32)[C@H](O)[C@@H]1OP(=O)(O)O)c1ccc(/C=C/c2ccc([N+](=O)[O-])cc2)cc1. The molecule has 0 radical (unpaired) electrons. The van der Waals surface area contributed by atoms with Gasteiger partial charge in [-0.2, -0.15) is 0 Å². The van der Waals surface area contributed by atoms with Crippen molar-refractivity contribution in [3.8, 4) is 0 Å². The molecule has 242 valence electrons. The van der Waals surface area contributed by atoms with Crippen molar-refractivity contribution in [3.05, 3.63) is 82.4 Å². The number of aliphatic hydroxyl groups is 1. The first-order valence-corrected chi connectivity index (χ1v) is 15.5. The number of non-ortho nitro benzene ring substituents is 1. The molecule has 1 saturated heterocycles. The van der Waals surface area contributed by atoms with E-state index in [4.69, 9.17) is 15.0 Å². The minimum atomic E-state index is -5.14. The van der Waals surface area contributed by atoms with Crippen LogP contribution in [0, 0.1) is 10.1 Å². The third-order valence-corrected chi connectivity index (χ3v) is 7.80. The van der Waals surface area contributed by atoms with Crippen LogP contribution in [0.15, 0.2) is 61.2 Å². The lowest BCUT2D eigenvalue weighted by atomic mass is 10.1. The van der Waals surface area contributed by atoms with Crippen LogP contribution >= 0.6 is 7.82 Å². The van der Waals surface area contributed by atoms with Crippen LogP contribution in [0.5, 0.6) is 0 Å². The van der Waals surface area contributed by atoms with Gasteiger partial charge in [0.15, 0.2) is 23.8 Å². The molecule has 4 aromatic rings. The number of fused-ring (bicyclic) bond motifs is 1. The summed E-state index contributed by atoms with van der Waals surface area (Å²) in [5.41, 5.74) is 8.86. The van der Waals surface area contributed by atoms with Gasteiger partial charge in [-0.3, -0.25) is 24.0 Å². The lowest BCUT2D eigenvalue weighted by Gasteiger charge is -2.24. The second-order valence-corrected chi connectivity index (χ2v) is 11.4. The Morgan fingerprint density at radius 3 is 2.41 bits per heavy atom. The number of nitro groups is 1. The predicted octanol–water partition coefficient (Wildman–Crippen LogP) is 1.87. The number of carbonyl (C=O) groups excluding carboxylic acids is 1. The van der Waals surface area contributed by atoms with Gasteiger partial charge in [0, 0.05) is 37.5 Å². The summed E-state index contributed by atoms with van der Waals surface area (Å²) in [6.45, 7) is 3.07. The van der Waals surface area contributed by atoms with Gasteiger partial charge in [0.25, 0.3) is 11.6 Å². The van der Waals surface area contributed by atoms with Crippen LogP contribution in [-0.2, 0) is 18.6 Å². The maximum Gasteiger partial charge on any atom is 0.470 e. The highest BCUT2D eigenvalue weighted by atomic mass is 31.2. The molecule has 1 amide bonds. The summed E-state index contributed by atoms with van der Waals surface area (Å²) in [6.07, 6.45) is -0.137. The van der Waals surface area contributed by atoms with Crippen LogP contribution < -0.4 is 16.0 Å². The lowest BCUT2D eigenvalue weighted by Crippen LogP contribution is -2.45. The monoisotopic (exact) mass is 654 g/mol. The van der Waals surface area contributed by atoms with Gasteiger partial charge in [-0.25, -0.2) is 19.5 Å².